The van der Waals surface area contributed by atoms with Gasteiger partial charge in [-0.3, -0.25) is 4.79 Å². The van der Waals surface area contributed by atoms with Gasteiger partial charge in [0, 0.05) is 24.6 Å². The van der Waals surface area contributed by atoms with Crippen LogP contribution in [-0.2, 0) is 16.1 Å². The summed E-state index contributed by atoms with van der Waals surface area (Å²) >= 11 is 0. The minimum Gasteiger partial charge on any atom is -0.493 e. The molecule has 2 aromatic carbocycles. The zero-order valence-electron chi connectivity index (χ0n) is 16.7. The van der Waals surface area contributed by atoms with Crippen LogP contribution >= 0.6 is 0 Å². The van der Waals surface area contributed by atoms with Crippen LogP contribution in [0.3, 0.4) is 0 Å². The fourth-order valence-corrected chi connectivity index (χ4v) is 3.86. The number of nitrogens with zero attached hydrogens (tertiary/aromatic N) is 1. The third kappa shape index (κ3) is 4.71. The number of piperidine rings is 1. The highest BCUT2D eigenvalue weighted by Crippen LogP contribution is 2.31. The average Bonchev–Trinajstić information content (AvgIpc) is 3.33. The van der Waals surface area contributed by atoms with Gasteiger partial charge in [0.2, 0.25) is 0 Å². The van der Waals surface area contributed by atoms with E-state index in [1.54, 1.807) is 19.2 Å². The Morgan fingerprint density at radius 3 is 2.45 bits per heavy atom. The number of carbonyl (C=O) groups is 1. The SMILES string of the molecule is COc1cc(C(=O)N2CCC(C3OCCO3)CC2)ccc1OCc1ccccc1. The molecule has 2 fully saturated rings. The first kappa shape index (κ1) is 19.7. The molecule has 0 bridgehead atoms. The molecule has 0 aliphatic carbocycles. The zero-order chi connectivity index (χ0) is 20.1. The van der Waals surface area contributed by atoms with E-state index in [0.29, 0.717) is 55.9 Å². The highest BCUT2D eigenvalue weighted by molar-refractivity contribution is 5.95. The minimum absolute atomic E-state index is 0.0182. The number of hydrogen-bond donors (Lipinski definition) is 0. The van der Waals surface area contributed by atoms with E-state index in [1.165, 1.54) is 0 Å². The van der Waals surface area contributed by atoms with E-state index in [0.717, 1.165) is 18.4 Å². The molecule has 1 amide bonds. The van der Waals surface area contributed by atoms with Crippen LogP contribution in [0.5, 0.6) is 11.5 Å². The molecule has 2 saturated heterocycles. The molecule has 0 aromatic heterocycles. The molecule has 4 rings (SSSR count). The molecule has 2 aromatic rings. The summed E-state index contributed by atoms with van der Waals surface area (Å²) in [7, 11) is 1.59. The molecule has 0 unspecified atom stereocenters. The Balaban J connectivity index is 1.37. The zero-order valence-corrected chi connectivity index (χ0v) is 16.7. The molecular weight excluding hydrogens is 370 g/mol. The molecule has 0 radical (unpaired) electrons. The molecule has 2 heterocycles. The molecule has 2 aliphatic heterocycles. The maximum atomic E-state index is 13.0. The van der Waals surface area contributed by atoms with Crippen LogP contribution in [0.25, 0.3) is 0 Å². The Bertz CT molecular complexity index is 811. The van der Waals surface area contributed by atoms with Crippen molar-refractivity contribution in [2.45, 2.75) is 25.7 Å². The van der Waals surface area contributed by atoms with Gasteiger partial charge in [0.05, 0.1) is 20.3 Å². The summed E-state index contributed by atoms with van der Waals surface area (Å²) in [5.74, 6) is 1.58. The lowest BCUT2D eigenvalue weighted by molar-refractivity contribution is -0.0956. The molecule has 0 atom stereocenters. The number of hydrogen-bond acceptors (Lipinski definition) is 5. The van der Waals surface area contributed by atoms with Crippen LogP contribution < -0.4 is 9.47 Å². The summed E-state index contributed by atoms with van der Waals surface area (Å²) in [5.41, 5.74) is 1.69. The van der Waals surface area contributed by atoms with Crippen LogP contribution in [0.1, 0.15) is 28.8 Å². The molecule has 29 heavy (non-hydrogen) atoms. The number of methoxy groups -OCH3 is 1. The Morgan fingerprint density at radius 1 is 1.03 bits per heavy atom. The summed E-state index contributed by atoms with van der Waals surface area (Å²) in [6.45, 7) is 3.20. The van der Waals surface area contributed by atoms with Gasteiger partial charge in [-0.1, -0.05) is 30.3 Å². The summed E-state index contributed by atoms with van der Waals surface area (Å²) in [6, 6.07) is 15.3. The quantitative estimate of drug-likeness (QED) is 0.747. The van der Waals surface area contributed by atoms with E-state index in [1.807, 2.05) is 41.3 Å². The second-order valence-electron chi connectivity index (χ2n) is 7.38. The Hall–Kier alpha value is -2.57. The molecule has 154 valence electrons. The van der Waals surface area contributed by atoms with Crippen LogP contribution in [-0.4, -0.2) is 50.5 Å². The standard InChI is InChI=1S/C23H27NO5/c1-26-21-15-19(7-8-20(21)29-16-17-5-3-2-4-6-17)22(25)24-11-9-18(10-12-24)23-27-13-14-28-23/h2-8,15,18,23H,9-14,16H2,1H3. The first-order chi connectivity index (χ1) is 14.2. The number of carbonyl (C=O) groups excluding carboxylic acids is 1. The predicted octanol–water partition coefficient (Wildman–Crippen LogP) is 3.50. The van der Waals surface area contributed by atoms with Gasteiger partial charge in [-0.05, 0) is 36.6 Å². The van der Waals surface area contributed by atoms with Gasteiger partial charge in [0.1, 0.15) is 6.61 Å². The van der Waals surface area contributed by atoms with Gasteiger partial charge in [0.25, 0.3) is 5.91 Å². The highest BCUT2D eigenvalue weighted by atomic mass is 16.7. The van der Waals surface area contributed by atoms with Crippen molar-refractivity contribution in [3.8, 4) is 11.5 Å². The van der Waals surface area contributed by atoms with Crippen LogP contribution in [0, 0.1) is 5.92 Å². The highest BCUT2D eigenvalue weighted by Gasteiger charge is 2.32. The van der Waals surface area contributed by atoms with Crippen molar-refractivity contribution in [2.75, 3.05) is 33.4 Å². The van der Waals surface area contributed by atoms with E-state index >= 15 is 0 Å². The van der Waals surface area contributed by atoms with Crippen molar-refractivity contribution < 1.29 is 23.7 Å². The van der Waals surface area contributed by atoms with Crippen molar-refractivity contribution in [2.24, 2.45) is 5.92 Å². The normalized spacial score (nSPS) is 18.0. The Labute approximate surface area is 171 Å². The molecular formula is C23H27NO5. The van der Waals surface area contributed by atoms with Crippen LogP contribution in [0.15, 0.2) is 48.5 Å². The topological polar surface area (TPSA) is 57.2 Å². The van der Waals surface area contributed by atoms with Gasteiger partial charge in [0.15, 0.2) is 17.8 Å². The molecule has 0 saturated carbocycles. The summed E-state index contributed by atoms with van der Waals surface area (Å²) in [4.78, 5) is 14.8. The number of benzene rings is 2. The van der Waals surface area contributed by atoms with Gasteiger partial charge >= 0.3 is 0 Å². The number of ether oxygens (including phenoxy) is 4. The predicted molar refractivity (Wildman–Crippen MR) is 108 cm³/mol. The average molecular weight is 397 g/mol. The largest absolute Gasteiger partial charge is 0.493 e. The molecule has 0 N–H and O–H groups in total. The van der Waals surface area contributed by atoms with Crippen molar-refractivity contribution in [1.29, 1.82) is 0 Å². The fraction of sp³-hybridized carbons (Fsp3) is 0.435. The first-order valence-electron chi connectivity index (χ1n) is 10.1. The van der Waals surface area contributed by atoms with Gasteiger partial charge in [-0.25, -0.2) is 0 Å². The molecule has 6 nitrogen and oxygen atoms in total. The summed E-state index contributed by atoms with van der Waals surface area (Å²) < 4.78 is 22.6. The molecule has 0 spiro atoms. The summed E-state index contributed by atoms with van der Waals surface area (Å²) in [6.07, 6.45) is 1.69. The first-order valence-corrected chi connectivity index (χ1v) is 10.1. The Kier molecular flexibility index (Phi) is 6.32. The second-order valence-corrected chi connectivity index (χ2v) is 7.38. The van der Waals surface area contributed by atoms with Gasteiger partial charge < -0.3 is 23.8 Å². The van der Waals surface area contributed by atoms with E-state index in [4.69, 9.17) is 18.9 Å². The van der Waals surface area contributed by atoms with E-state index in [9.17, 15) is 4.79 Å². The minimum atomic E-state index is -0.103. The lowest BCUT2D eigenvalue weighted by Crippen LogP contribution is -2.41. The maximum absolute atomic E-state index is 13.0. The molecule has 6 heteroatoms. The smallest absolute Gasteiger partial charge is 0.253 e. The van der Waals surface area contributed by atoms with E-state index in [2.05, 4.69) is 0 Å². The number of amides is 1. The Morgan fingerprint density at radius 2 is 1.76 bits per heavy atom. The second kappa shape index (κ2) is 9.29. The third-order valence-corrected chi connectivity index (χ3v) is 5.51. The monoisotopic (exact) mass is 397 g/mol. The third-order valence-electron chi connectivity index (χ3n) is 5.51. The van der Waals surface area contributed by atoms with Gasteiger partial charge in [-0.15, -0.1) is 0 Å². The van der Waals surface area contributed by atoms with E-state index in [-0.39, 0.29) is 12.2 Å². The van der Waals surface area contributed by atoms with Gasteiger partial charge in [-0.2, -0.15) is 0 Å². The maximum Gasteiger partial charge on any atom is 0.253 e. The van der Waals surface area contributed by atoms with Crippen molar-refractivity contribution >= 4 is 5.91 Å². The fourth-order valence-electron chi connectivity index (χ4n) is 3.86. The van der Waals surface area contributed by atoms with Crippen molar-refractivity contribution in [1.82, 2.24) is 4.90 Å². The number of rotatable bonds is 6. The van der Waals surface area contributed by atoms with E-state index < -0.39 is 0 Å². The van der Waals surface area contributed by atoms with Crippen LogP contribution in [0.4, 0.5) is 0 Å². The summed E-state index contributed by atoms with van der Waals surface area (Å²) in [5, 5.41) is 0. The van der Waals surface area contributed by atoms with Crippen molar-refractivity contribution in [3.63, 3.8) is 0 Å². The number of likely N-dealkylation sites (tertiary alicyclic amines) is 1. The van der Waals surface area contributed by atoms with Crippen molar-refractivity contribution in [3.05, 3.63) is 59.7 Å². The lowest BCUT2D eigenvalue weighted by Gasteiger charge is -2.34. The lowest BCUT2D eigenvalue weighted by atomic mass is 9.95. The van der Waals surface area contributed by atoms with Crippen LogP contribution in [0.2, 0.25) is 0 Å². The molecule has 2 aliphatic rings.